The molecule has 2 aromatic rings. The van der Waals surface area contributed by atoms with Crippen LogP contribution in [0, 0.1) is 5.92 Å². The fourth-order valence-corrected chi connectivity index (χ4v) is 4.20. The molecule has 2 saturated heterocycles. The molecule has 2 aliphatic rings. The van der Waals surface area contributed by atoms with E-state index in [2.05, 4.69) is 17.1 Å². The number of amides is 1. The molecule has 2 unspecified atom stereocenters. The molecule has 0 bridgehead atoms. The second-order valence-corrected chi connectivity index (χ2v) is 9.52. The molecule has 8 heteroatoms. The summed E-state index contributed by atoms with van der Waals surface area (Å²) in [5, 5.41) is 9.19. The third kappa shape index (κ3) is 4.69. The van der Waals surface area contributed by atoms with Gasteiger partial charge in [-0.3, -0.25) is 0 Å². The summed E-state index contributed by atoms with van der Waals surface area (Å²) in [6.07, 6.45) is 10.7. The van der Waals surface area contributed by atoms with Crippen molar-refractivity contribution in [3.05, 3.63) is 30.2 Å². The molecule has 4 heterocycles. The van der Waals surface area contributed by atoms with Crippen molar-refractivity contribution in [2.24, 2.45) is 5.92 Å². The maximum atomic E-state index is 12.8. The monoisotopic (exact) mass is 415 g/mol. The maximum Gasteiger partial charge on any atom is 0.410 e. The van der Waals surface area contributed by atoms with Crippen molar-refractivity contribution in [2.75, 3.05) is 13.2 Å². The van der Waals surface area contributed by atoms with Gasteiger partial charge in [-0.25, -0.2) is 14.2 Å². The van der Waals surface area contributed by atoms with Gasteiger partial charge in [0.2, 0.25) is 0 Å². The van der Waals surface area contributed by atoms with Crippen LogP contribution in [0.2, 0.25) is 0 Å². The average molecular weight is 416 g/mol. The molecule has 2 fully saturated rings. The molecule has 0 spiro atoms. The first kappa shape index (κ1) is 20.9. The fourth-order valence-electron chi connectivity index (χ4n) is 4.20. The molecule has 30 heavy (non-hydrogen) atoms. The Hall–Kier alpha value is -2.35. The maximum absolute atomic E-state index is 12.8. The van der Waals surface area contributed by atoms with Gasteiger partial charge in [-0.1, -0.05) is 6.92 Å². The summed E-state index contributed by atoms with van der Waals surface area (Å²) < 4.78 is 15.1. The largest absolute Gasteiger partial charge is 0.444 e. The van der Waals surface area contributed by atoms with Gasteiger partial charge in [0.05, 0.1) is 12.2 Å². The van der Waals surface area contributed by atoms with E-state index in [1.165, 1.54) is 0 Å². The molecule has 2 aromatic heterocycles. The molecule has 0 radical (unpaired) electrons. The lowest BCUT2D eigenvalue weighted by molar-refractivity contribution is -0.0395. The van der Waals surface area contributed by atoms with Gasteiger partial charge in [0.15, 0.2) is 5.82 Å². The highest BCUT2D eigenvalue weighted by Crippen LogP contribution is 2.34. The highest BCUT2D eigenvalue weighted by Gasteiger charge is 2.34. The van der Waals surface area contributed by atoms with E-state index in [0.29, 0.717) is 12.5 Å². The molecule has 0 aromatic carbocycles. The average Bonchev–Trinajstić information content (AvgIpc) is 3.37. The summed E-state index contributed by atoms with van der Waals surface area (Å²) in [7, 11) is 0. The summed E-state index contributed by atoms with van der Waals surface area (Å²) in [5.41, 5.74) is 0.497. The zero-order valence-electron chi connectivity index (χ0n) is 18.5. The third-order valence-corrected chi connectivity index (χ3v) is 5.71. The molecule has 2 aliphatic heterocycles. The Balaban J connectivity index is 1.51. The number of hydrogen-bond donors (Lipinski definition) is 0. The molecule has 0 aliphatic carbocycles. The Morgan fingerprint density at radius 3 is 2.80 bits per heavy atom. The van der Waals surface area contributed by atoms with Crippen molar-refractivity contribution in [1.29, 1.82) is 0 Å². The SMILES string of the molecule is CC1CC[C@@H](c2cnn(-c3ccn(C4CCCCO4)n3)c2)N(C(=O)OC(C)(C)C)C1. The lowest BCUT2D eigenvalue weighted by atomic mass is 9.91. The normalized spacial score (nSPS) is 25.3. The minimum Gasteiger partial charge on any atom is -0.444 e. The molecule has 0 N–H and O–H groups in total. The molecule has 1 amide bonds. The van der Waals surface area contributed by atoms with Crippen LogP contribution in [0.3, 0.4) is 0 Å². The lowest BCUT2D eigenvalue weighted by Crippen LogP contribution is -2.44. The Morgan fingerprint density at radius 2 is 2.07 bits per heavy atom. The van der Waals surface area contributed by atoms with Gasteiger partial charge >= 0.3 is 6.09 Å². The number of piperidine rings is 1. The van der Waals surface area contributed by atoms with Crippen molar-refractivity contribution in [3.8, 4) is 5.82 Å². The first-order valence-electron chi connectivity index (χ1n) is 11.0. The van der Waals surface area contributed by atoms with Gasteiger partial charge in [0.1, 0.15) is 11.8 Å². The number of nitrogens with zero attached hydrogens (tertiary/aromatic N) is 5. The lowest BCUT2D eigenvalue weighted by Gasteiger charge is -2.38. The molecule has 0 saturated carbocycles. The van der Waals surface area contributed by atoms with Crippen LogP contribution in [0.1, 0.15) is 77.6 Å². The zero-order chi connectivity index (χ0) is 21.3. The molecule has 4 rings (SSSR count). The van der Waals surface area contributed by atoms with Gasteiger partial charge in [0, 0.05) is 37.2 Å². The number of hydrogen-bond acceptors (Lipinski definition) is 5. The van der Waals surface area contributed by atoms with Crippen LogP contribution in [0.25, 0.3) is 5.82 Å². The molecular formula is C22H33N5O3. The number of carbonyl (C=O) groups excluding carboxylic acids is 1. The first-order valence-corrected chi connectivity index (χ1v) is 11.0. The van der Waals surface area contributed by atoms with E-state index in [-0.39, 0.29) is 18.4 Å². The van der Waals surface area contributed by atoms with E-state index in [1.54, 1.807) is 4.68 Å². The minimum absolute atomic E-state index is 0.00465. The topological polar surface area (TPSA) is 74.4 Å². The van der Waals surface area contributed by atoms with E-state index in [0.717, 1.165) is 50.1 Å². The van der Waals surface area contributed by atoms with Crippen molar-refractivity contribution in [2.45, 2.75) is 77.7 Å². The predicted molar refractivity (Wildman–Crippen MR) is 112 cm³/mol. The van der Waals surface area contributed by atoms with Gasteiger partial charge in [-0.05, 0) is 58.8 Å². The number of rotatable bonds is 3. The third-order valence-electron chi connectivity index (χ3n) is 5.71. The second kappa shape index (κ2) is 8.41. The summed E-state index contributed by atoms with van der Waals surface area (Å²) >= 11 is 0. The highest BCUT2D eigenvalue weighted by atomic mass is 16.6. The van der Waals surface area contributed by atoms with Gasteiger partial charge < -0.3 is 14.4 Å². The highest BCUT2D eigenvalue weighted by molar-refractivity contribution is 5.69. The van der Waals surface area contributed by atoms with Gasteiger partial charge in [0.25, 0.3) is 0 Å². The zero-order valence-corrected chi connectivity index (χ0v) is 18.5. The smallest absolute Gasteiger partial charge is 0.410 e. The van der Waals surface area contributed by atoms with Crippen molar-refractivity contribution < 1.29 is 14.3 Å². The Labute approximate surface area is 178 Å². The summed E-state index contributed by atoms with van der Waals surface area (Å²) in [6, 6.07) is 1.91. The Kier molecular flexibility index (Phi) is 5.86. The quantitative estimate of drug-likeness (QED) is 0.739. The van der Waals surface area contributed by atoms with E-state index in [4.69, 9.17) is 9.47 Å². The van der Waals surface area contributed by atoms with Crippen LogP contribution < -0.4 is 0 Å². The Bertz CT molecular complexity index is 862. The standard InChI is InChI=1S/C22H33N5O3/c1-16-8-9-18(25(14-16)21(28)30-22(2,3)4)17-13-23-27(15-17)19-10-11-26(24-19)20-7-5-6-12-29-20/h10-11,13,15-16,18,20H,5-9,12,14H2,1-4H3/t16?,18-,20?/m0/s1. The number of likely N-dealkylation sites (tertiary alicyclic amines) is 1. The minimum atomic E-state index is -0.513. The molecule has 3 atom stereocenters. The van der Waals surface area contributed by atoms with E-state index in [1.807, 2.05) is 55.0 Å². The van der Waals surface area contributed by atoms with Gasteiger partial charge in [-0.15, -0.1) is 0 Å². The van der Waals surface area contributed by atoms with Crippen molar-refractivity contribution in [3.63, 3.8) is 0 Å². The first-order chi connectivity index (χ1) is 14.3. The molecule has 164 valence electrons. The van der Waals surface area contributed by atoms with Crippen LogP contribution in [0.5, 0.6) is 0 Å². The predicted octanol–water partition coefficient (Wildman–Crippen LogP) is 4.48. The fraction of sp³-hybridized carbons (Fsp3) is 0.682. The molecule has 8 nitrogen and oxygen atoms in total. The number of carbonyl (C=O) groups is 1. The summed E-state index contributed by atoms with van der Waals surface area (Å²) in [6.45, 7) is 9.36. The van der Waals surface area contributed by atoms with Crippen LogP contribution in [-0.2, 0) is 9.47 Å². The van der Waals surface area contributed by atoms with Crippen molar-refractivity contribution in [1.82, 2.24) is 24.5 Å². The van der Waals surface area contributed by atoms with Crippen LogP contribution in [0.15, 0.2) is 24.7 Å². The Morgan fingerprint density at radius 1 is 1.23 bits per heavy atom. The number of ether oxygens (including phenoxy) is 2. The molecular weight excluding hydrogens is 382 g/mol. The van der Waals surface area contributed by atoms with Crippen LogP contribution in [-0.4, -0.2) is 49.3 Å². The van der Waals surface area contributed by atoms with Crippen molar-refractivity contribution >= 4 is 6.09 Å². The van der Waals surface area contributed by atoms with E-state index in [9.17, 15) is 4.79 Å². The number of aromatic nitrogens is 4. The van der Waals surface area contributed by atoms with E-state index >= 15 is 0 Å². The van der Waals surface area contributed by atoms with Crippen LogP contribution >= 0.6 is 0 Å². The second-order valence-electron chi connectivity index (χ2n) is 9.52. The van der Waals surface area contributed by atoms with Gasteiger partial charge in [-0.2, -0.15) is 10.2 Å². The van der Waals surface area contributed by atoms with Crippen LogP contribution in [0.4, 0.5) is 4.79 Å². The van der Waals surface area contributed by atoms with E-state index < -0.39 is 5.60 Å². The summed E-state index contributed by atoms with van der Waals surface area (Å²) in [4.78, 5) is 14.7. The summed E-state index contributed by atoms with van der Waals surface area (Å²) in [5.74, 6) is 1.21.